The zero-order chi connectivity index (χ0) is 40.8. The van der Waals surface area contributed by atoms with Gasteiger partial charge in [-0.15, -0.1) is 0 Å². The number of methoxy groups -OCH3 is 1. The molecule has 0 unspecified atom stereocenters. The number of aliphatic hydroxyl groups excluding tert-OH is 1. The Balaban J connectivity index is 1.18. The Bertz CT molecular complexity index is 1530. The Morgan fingerprint density at radius 2 is 1.71 bits per heavy atom. The Hall–Kier alpha value is -1.89. The lowest BCUT2D eigenvalue weighted by Gasteiger charge is -2.48. The third-order valence-electron chi connectivity index (χ3n) is 14.5. The molecule has 1 aromatic carbocycles. The summed E-state index contributed by atoms with van der Waals surface area (Å²) >= 11 is 0. The van der Waals surface area contributed by atoms with Crippen LogP contribution >= 0.6 is 0 Å². The summed E-state index contributed by atoms with van der Waals surface area (Å²) < 4.78 is 46.5. The minimum absolute atomic E-state index is 0.0413. The van der Waals surface area contributed by atoms with Crippen LogP contribution in [0.15, 0.2) is 35.9 Å². The van der Waals surface area contributed by atoms with Crippen molar-refractivity contribution in [2.75, 3.05) is 13.7 Å². The van der Waals surface area contributed by atoms with Gasteiger partial charge in [0.1, 0.15) is 0 Å². The standard InChI is InChI=1S/C46H72O10/c1-12-44(41-30(6)23-36(52-41)40-29(5)22-32(8)46(49,26-47)55-40)18-17-38(53-44)43(10)19-20-45(56-43)24-37(51-25-34-13-15-35(16-14-34)27(2)3)33(9)39(54-45)28(4)21-31(7)42(48)50-11/h13-16,21,27-30,32-33,36-41,47,49H,12,17-20,22-26H2,1-11H3/b31-21+/t28-,29-,30-,32+,33+,36+,37-,38+,39+,40-,41+,43-,44-,45+,46-/m0/s1. The molecule has 0 aromatic heterocycles. The highest BCUT2D eigenvalue weighted by Gasteiger charge is 2.62. The van der Waals surface area contributed by atoms with Gasteiger partial charge in [0, 0.05) is 36.2 Å². The molecular formula is C46H72O10. The molecule has 316 valence electrons. The van der Waals surface area contributed by atoms with E-state index in [4.69, 9.17) is 33.2 Å². The van der Waals surface area contributed by atoms with Gasteiger partial charge in [-0.25, -0.2) is 4.79 Å². The van der Waals surface area contributed by atoms with Crippen molar-refractivity contribution in [1.29, 1.82) is 0 Å². The summed E-state index contributed by atoms with van der Waals surface area (Å²) in [5, 5.41) is 21.1. The fourth-order valence-electron chi connectivity index (χ4n) is 10.8. The molecule has 5 heterocycles. The summed E-state index contributed by atoms with van der Waals surface area (Å²) in [6, 6.07) is 8.69. The molecule has 0 aliphatic carbocycles. The van der Waals surface area contributed by atoms with Crippen molar-refractivity contribution in [3.05, 3.63) is 47.0 Å². The predicted molar refractivity (Wildman–Crippen MR) is 214 cm³/mol. The Morgan fingerprint density at radius 3 is 2.36 bits per heavy atom. The van der Waals surface area contributed by atoms with Gasteiger partial charge in [-0.05, 0) is 81.3 Å². The van der Waals surface area contributed by atoms with Crippen molar-refractivity contribution in [2.45, 2.75) is 193 Å². The zero-order valence-electron chi connectivity index (χ0n) is 36.0. The fourth-order valence-corrected chi connectivity index (χ4v) is 10.8. The number of hydrogen-bond donors (Lipinski definition) is 2. The predicted octanol–water partition coefficient (Wildman–Crippen LogP) is 8.00. The Morgan fingerprint density at radius 1 is 1.00 bits per heavy atom. The molecule has 0 saturated carbocycles. The quantitative estimate of drug-likeness (QED) is 0.159. The molecule has 0 amide bonds. The first-order chi connectivity index (χ1) is 26.4. The summed E-state index contributed by atoms with van der Waals surface area (Å²) in [6.45, 7) is 21.2. The van der Waals surface area contributed by atoms with Crippen molar-refractivity contribution in [3.8, 4) is 0 Å². The first kappa shape index (κ1) is 43.7. The van der Waals surface area contributed by atoms with Gasteiger partial charge in [-0.2, -0.15) is 0 Å². The van der Waals surface area contributed by atoms with Gasteiger partial charge < -0.3 is 43.4 Å². The van der Waals surface area contributed by atoms with Crippen LogP contribution < -0.4 is 0 Å². The monoisotopic (exact) mass is 785 g/mol. The van der Waals surface area contributed by atoms with Gasteiger partial charge in [-0.3, -0.25) is 0 Å². The molecule has 1 spiro atoms. The first-order valence-electron chi connectivity index (χ1n) is 21.6. The van der Waals surface area contributed by atoms with Crippen molar-refractivity contribution >= 4 is 5.97 Å². The van der Waals surface area contributed by atoms with Gasteiger partial charge in [0.05, 0.1) is 68.1 Å². The zero-order valence-corrected chi connectivity index (χ0v) is 36.0. The Kier molecular flexibility index (Phi) is 13.3. The van der Waals surface area contributed by atoms with E-state index in [9.17, 15) is 15.0 Å². The molecule has 0 bridgehead atoms. The number of rotatable bonds is 12. The van der Waals surface area contributed by atoms with E-state index in [1.165, 1.54) is 12.7 Å². The number of aliphatic hydroxyl groups is 2. The van der Waals surface area contributed by atoms with Gasteiger partial charge in [0.15, 0.2) is 11.6 Å². The van der Waals surface area contributed by atoms with Crippen LogP contribution in [0.25, 0.3) is 0 Å². The SMILES string of the molecule is CC[C@@]1([C@@H]2O[C@@H]([C@H]3O[C@@](O)(CO)[C@H](C)C[C@@H]3C)C[C@@H]2C)CC[C@H]([C@]2(C)CC[C@]3(C[C@H](OCc4ccc(C(C)C)cc4)[C@@H](C)[C@@H]([C@@H](C)/C=C(\C)C(=O)OC)O3)O2)O1. The molecule has 1 aromatic rings. The van der Waals surface area contributed by atoms with E-state index >= 15 is 0 Å². The topological polar surface area (TPSA) is 122 Å². The van der Waals surface area contributed by atoms with Crippen LogP contribution in [0, 0.1) is 29.6 Å². The van der Waals surface area contributed by atoms with E-state index in [1.54, 1.807) is 6.92 Å². The van der Waals surface area contributed by atoms with Gasteiger partial charge in [-0.1, -0.05) is 85.7 Å². The van der Waals surface area contributed by atoms with E-state index in [1.807, 2.05) is 13.0 Å². The number of carbonyl (C=O) groups excluding carboxylic acids is 1. The molecule has 10 nitrogen and oxygen atoms in total. The third kappa shape index (κ3) is 8.56. The summed E-state index contributed by atoms with van der Waals surface area (Å²) in [5.74, 6) is -2.10. The maximum Gasteiger partial charge on any atom is 0.333 e. The summed E-state index contributed by atoms with van der Waals surface area (Å²) in [7, 11) is 1.41. The third-order valence-corrected chi connectivity index (χ3v) is 14.5. The lowest BCUT2D eigenvalue weighted by molar-refractivity contribution is -0.335. The molecule has 5 saturated heterocycles. The van der Waals surface area contributed by atoms with Crippen LogP contribution in [0.2, 0.25) is 0 Å². The highest BCUT2D eigenvalue weighted by molar-refractivity contribution is 5.87. The van der Waals surface area contributed by atoms with Crippen molar-refractivity contribution in [2.24, 2.45) is 29.6 Å². The number of benzene rings is 1. The van der Waals surface area contributed by atoms with Gasteiger partial charge >= 0.3 is 5.97 Å². The van der Waals surface area contributed by atoms with E-state index < -0.39 is 29.4 Å². The second kappa shape index (κ2) is 17.0. The second-order valence-corrected chi connectivity index (χ2v) is 19.0. The van der Waals surface area contributed by atoms with Crippen molar-refractivity contribution < 1.29 is 48.2 Å². The number of esters is 1. The van der Waals surface area contributed by atoms with Crippen LogP contribution in [0.5, 0.6) is 0 Å². The molecular weight excluding hydrogens is 712 g/mol. The lowest BCUT2D eigenvalue weighted by Crippen LogP contribution is -2.56. The lowest BCUT2D eigenvalue weighted by atomic mass is 9.80. The minimum Gasteiger partial charge on any atom is -0.466 e. The summed E-state index contributed by atoms with van der Waals surface area (Å²) in [4.78, 5) is 12.4. The van der Waals surface area contributed by atoms with E-state index in [0.717, 1.165) is 44.1 Å². The molecule has 0 radical (unpaired) electrons. The average molecular weight is 785 g/mol. The van der Waals surface area contributed by atoms with Crippen LogP contribution in [0.1, 0.15) is 138 Å². The summed E-state index contributed by atoms with van der Waals surface area (Å²) in [6.07, 6.45) is 6.96. The maximum absolute atomic E-state index is 12.4. The van der Waals surface area contributed by atoms with E-state index in [-0.39, 0.29) is 72.2 Å². The van der Waals surface area contributed by atoms with Crippen molar-refractivity contribution in [3.63, 3.8) is 0 Å². The molecule has 5 fully saturated rings. The fraction of sp³-hybridized carbons (Fsp3) is 0.804. The molecule has 56 heavy (non-hydrogen) atoms. The van der Waals surface area contributed by atoms with Crippen LogP contribution in [-0.4, -0.2) is 89.3 Å². The number of carbonyl (C=O) groups is 1. The highest BCUT2D eigenvalue weighted by atomic mass is 16.7. The first-order valence-corrected chi connectivity index (χ1v) is 21.6. The molecule has 10 heteroatoms. The average Bonchev–Trinajstić information content (AvgIpc) is 3.89. The van der Waals surface area contributed by atoms with Crippen LogP contribution in [0.3, 0.4) is 0 Å². The maximum atomic E-state index is 12.4. The van der Waals surface area contributed by atoms with E-state index in [0.29, 0.717) is 30.9 Å². The largest absolute Gasteiger partial charge is 0.466 e. The minimum atomic E-state index is -1.56. The highest BCUT2D eigenvalue weighted by Crippen LogP contribution is 2.55. The Labute approximate surface area is 336 Å². The second-order valence-electron chi connectivity index (χ2n) is 19.0. The molecule has 15 atom stereocenters. The number of ether oxygens (including phenoxy) is 7. The van der Waals surface area contributed by atoms with Crippen LogP contribution in [0.4, 0.5) is 0 Å². The number of hydrogen-bond acceptors (Lipinski definition) is 10. The summed E-state index contributed by atoms with van der Waals surface area (Å²) in [5.41, 5.74) is 1.93. The molecule has 5 aliphatic rings. The molecule has 2 N–H and O–H groups in total. The van der Waals surface area contributed by atoms with Crippen LogP contribution in [-0.2, 0) is 44.6 Å². The van der Waals surface area contributed by atoms with Gasteiger partial charge in [0.25, 0.3) is 0 Å². The smallest absolute Gasteiger partial charge is 0.333 e. The normalized spacial score (nSPS) is 43.8. The van der Waals surface area contributed by atoms with Gasteiger partial charge in [0.2, 0.25) is 0 Å². The van der Waals surface area contributed by atoms with Crippen molar-refractivity contribution in [1.82, 2.24) is 0 Å². The molecule has 5 aliphatic heterocycles. The van der Waals surface area contributed by atoms with E-state index in [2.05, 4.69) is 79.7 Å². The molecule has 6 rings (SSSR count).